The smallest absolute Gasteiger partial charge is 0.216 e. The van der Waals surface area contributed by atoms with E-state index in [2.05, 4.69) is 19.9 Å². The molecule has 4 rings (SSSR count). The van der Waals surface area contributed by atoms with Crippen LogP contribution in [0.3, 0.4) is 0 Å². The fraction of sp³-hybridized carbons (Fsp3) is 0.0909. The van der Waals surface area contributed by atoms with Gasteiger partial charge in [-0.2, -0.15) is 0 Å². The third kappa shape index (κ3) is 5.75. The first-order valence-electron chi connectivity index (χ1n) is 9.24. The first-order chi connectivity index (χ1) is 15.4. The molecule has 0 fully saturated rings. The second kappa shape index (κ2) is 10.6. The lowest BCUT2D eigenvalue weighted by Crippen LogP contribution is -1.94. The number of aromatic nitrogens is 4. The minimum Gasteiger partial charge on any atom is -0.481 e. The van der Waals surface area contributed by atoms with E-state index in [0.29, 0.717) is 44.6 Å². The summed E-state index contributed by atoms with van der Waals surface area (Å²) in [6.07, 6.45) is 2.85. The van der Waals surface area contributed by atoms with Crippen LogP contribution in [0, 0.1) is 0 Å². The average molecular weight is 471 g/mol. The van der Waals surface area contributed by atoms with Crippen molar-refractivity contribution in [1.82, 2.24) is 19.9 Å². The lowest BCUT2D eigenvalue weighted by molar-refractivity contribution is 0.397. The van der Waals surface area contributed by atoms with Crippen LogP contribution in [-0.4, -0.2) is 34.2 Å². The third-order valence-corrected chi connectivity index (χ3v) is 4.76. The fourth-order valence-corrected chi connectivity index (χ4v) is 3.04. The summed E-state index contributed by atoms with van der Waals surface area (Å²) in [5.74, 6) is 0.980. The van der Waals surface area contributed by atoms with Gasteiger partial charge in [-0.1, -0.05) is 23.2 Å². The van der Waals surface area contributed by atoms with Gasteiger partial charge in [0.25, 0.3) is 0 Å². The van der Waals surface area contributed by atoms with Crippen molar-refractivity contribution >= 4 is 34.6 Å². The fourth-order valence-electron chi connectivity index (χ4n) is 2.70. The van der Waals surface area contributed by atoms with Crippen LogP contribution < -0.4 is 20.9 Å². The molecule has 4 aromatic rings. The standard InChI is InChI=1S/2C11H10ClN3O/c2*1-16-11-5-10(14-6-15-11)8-4-7(12)2-3-9(8)13/h2*2-6H,13H2,1H3. The molecule has 0 aliphatic carbocycles. The summed E-state index contributed by atoms with van der Waals surface area (Å²) >= 11 is 11.8. The van der Waals surface area contributed by atoms with E-state index in [0.717, 1.165) is 11.1 Å². The number of hydrogen-bond acceptors (Lipinski definition) is 8. The van der Waals surface area contributed by atoms with Crippen LogP contribution >= 0.6 is 23.2 Å². The molecule has 2 heterocycles. The molecule has 0 bridgehead atoms. The van der Waals surface area contributed by atoms with Gasteiger partial charge in [-0.15, -0.1) is 0 Å². The largest absolute Gasteiger partial charge is 0.481 e. The SMILES string of the molecule is COc1cc(-c2cc(Cl)ccc2N)ncn1.COc1cc(-c2cc(Cl)ccc2N)ncn1. The van der Waals surface area contributed by atoms with E-state index in [1.807, 2.05) is 0 Å². The van der Waals surface area contributed by atoms with Crippen molar-refractivity contribution in [3.8, 4) is 34.3 Å². The van der Waals surface area contributed by atoms with Crippen molar-refractivity contribution in [3.05, 3.63) is 71.2 Å². The average Bonchev–Trinajstić information content (AvgIpc) is 2.82. The third-order valence-electron chi connectivity index (χ3n) is 4.28. The molecule has 0 spiro atoms. The summed E-state index contributed by atoms with van der Waals surface area (Å²) in [7, 11) is 3.10. The summed E-state index contributed by atoms with van der Waals surface area (Å²) in [5.41, 5.74) is 15.9. The van der Waals surface area contributed by atoms with Gasteiger partial charge in [-0.05, 0) is 36.4 Å². The van der Waals surface area contributed by atoms with Crippen molar-refractivity contribution in [2.24, 2.45) is 0 Å². The van der Waals surface area contributed by atoms with Gasteiger partial charge in [-0.3, -0.25) is 0 Å². The Labute approximate surface area is 195 Å². The Morgan fingerprint density at radius 1 is 0.625 bits per heavy atom. The summed E-state index contributed by atoms with van der Waals surface area (Å²) in [4.78, 5) is 16.1. The Morgan fingerprint density at radius 2 is 1.03 bits per heavy atom. The van der Waals surface area contributed by atoms with Gasteiger partial charge >= 0.3 is 0 Å². The second-order valence-corrected chi connectivity index (χ2v) is 7.23. The molecule has 10 heteroatoms. The molecular formula is C22H20Cl2N6O2. The topological polar surface area (TPSA) is 122 Å². The van der Waals surface area contributed by atoms with Gasteiger partial charge in [0.15, 0.2) is 0 Å². The van der Waals surface area contributed by atoms with Crippen molar-refractivity contribution in [2.45, 2.75) is 0 Å². The summed E-state index contributed by atoms with van der Waals surface area (Å²) < 4.78 is 10.0. The molecule has 4 N–H and O–H groups in total. The zero-order valence-corrected chi connectivity index (χ0v) is 18.8. The van der Waals surface area contributed by atoms with Gasteiger partial charge in [-0.25, -0.2) is 19.9 Å². The molecule has 0 aliphatic rings. The Bertz CT molecular complexity index is 1130. The van der Waals surface area contributed by atoms with Crippen molar-refractivity contribution in [3.63, 3.8) is 0 Å². The molecular weight excluding hydrogens is 451 g/mol. The van der Waals surface area contributed by atoms with Crippen LogP contribution in [0.2, 0.25) is 10.0 Å². The minimum absolute atomic E-state index is 0.490. The van der Waals surface area contributed by atoms with Gasteiger partial charge in [0.2, 0.25) is 11.8 Å². The molecule has 2 aromatic carbocycles. The van der Waals surface area contributed by atoms with E-state index in [4.69, 9.17) is 44.1 Å². The molecule has 32 heavy (non-hydrogen) atoms. The molecule has 0 unspecified atom stereocenters. The first-order valence-corrected chi connectivity index (χ1v) is 9.99. The van der Waals surface area contributed by atoms with E-state index in [1.54, 1.807) is 62.8 Å². The number of nitrogen functional groups attached to an aromatic ring is 2. The zero-order valence-electron chi connectivity index (χ0n) is 17.3. The predicted molar refractivity (Wildman–Crippen MR) is 127 cm³/mol. The highest BCUT2D eigenvalue weighted by atomic mass is 35.5. The predicted octanol–water partition coefficient (Wildman–Crippen LogP) is 4.78. The van der Waals surface area contributed by atoms with Crippen LogP contribution in [-0.2, 0) is 0 Å². The van der Waals surface area contributed by atoms with E-state index in [1.165, 1.54) is 12.7 Å². The van der Waals surface area contributed by atoms with Crippen molar-refractivity contribution in [1.29, 1.82) is 0 Å². The van der Waals surface area contributed by atoms with Crippen LogP contribution in [0.5, 0.6) is 11.8 Å². The van der Waals surface area contributed by atoms with E-state index < -0.39 is 0 Å². The molecule has 0 saturated heterocycles. The van der Waals surface area contributed by atoms with Gasteiger partial charge in [0.1, 0.15) is 12.7 Å². The summed E-state index contributed by atoms with van der Waals surface area (Å²) in [6.45, 7) is 0. The number of nitrogens with two attached hydrogens (primary N) is 2. The van der Waals surface area contributed by atoms with Gasteiger partial charge in [0, 0.05) is 44.7 Å². The quantitative estimate of drug-likeness (QED) is 0.408. The molecule has 0 radical (unpaired) electrons. The number of halogens is 2. The number of nitrogens with zero attached hydrogens (tertiary/aromatic N) is 4. The highest BCUT2D eigenvalue weighted by Crippen LogP contribution is 2.29. The van der Waals surface area contributed by atoms with Crippen LogP contribution in [0.25, 0.3) is 22.5 Å². The number of hydrogen-bond donors (Lipinski definition) is 2. The zero-order chi connectivity index (χ0) is 23.1. The summed E-state index contributed by atoms with van der Waals surface area (Å²) in [6, 6.07) is 13.9. The van der Waals surface area contributed by atoms with Crippen molar-refractivity contribution < 1.29 is 9.47 Å². The normalized spacial score (nSPS) is 10.1. The minimum atomic E-state index is 0.490. The maximum absolute atomic E-state index is 5.91. The van der Waals surface area contributed by atoms with Gasteiger partial charge in [0.05, 0.1) is 25.6 Å². The number of ether oxygens (including phenoxy) is 2. The molecule has 0 aliphatic heterocycles. The molecule has 0 atom stereocenters. The number of rotatable bonds is 4. The lowest BCUT2D eigenvalue weighted by Gasteiger charge is -2.06. The highest BCUT2D eigenvalue weighted by molar-refractivity contribution is 6.31. The van der Waals surface area contributed by atoms with Gasteiger partial charge < -0.3 is 20.9 Å². The summed E-state index contributed by atoms with van der Waals surface area (Å²) in [5, 5.41) is 1.23. The van der Waals surface area contributed by atoms with Crippen LogP contribution in [0.15, 0.2) is 61.2 Å². The molecule has 2 aromatic heterocycles. The molecule has 0 saturated carbocycles. The molecule has 8 nitrogen and oxygen atoms in total. The Kier molecular flexibility index (Phi) is 7.64. The molecule has 164 valence electrons. The van der Waals surface area contributed by atoms with Crippen molar-refractivity contribution in [2.75, 3.05) is 25.7 Å². The number of anilines is 2. The van der Waals surface area contributed by atoms with E-state index in [9.17, 15) is 0 Å². The number of benzene rings is 2. The second-order valence-electron chi connectivity index (χ2n) is 6.35. The Balaban J connectivity index is 0.000000181. The number of methoxy groups -OCH3 is 2. The Morgan fingerprint density at radius 3 is 1.41 bits per heavy atom. The maximum atomic E-state index is 5.91. The lowest BCUT2D eigenvalue weighted by atomic mass is 10.1. The maximum Gasteiger partial charge on any atom is 0.216 e. The molecule has 0 amide bonds. The first kappa shape index (κ1) is 23.1. The Hall–Kier alpha value is -3.62. The highest BCUT2D eigenvalue weighted by Gasteiger charge is 2.07. The van der Waals surface area contributed by atoms with Crippen LogP contribution in [0.1, 0.15) is 0 Å². The monoisotopic (exact) mass is 470 g/mol. The van der Waals surface area contributed by atoms with E-state index in [-0.39, 0.29) is 0 Å². The van der Waals surface area contributed by atoms with Crippen LogP contribution in [0.4, 0.5) is 11.4 Å². The van der Waals surface area contributed by atoms with E-state index >= 15 is 0 Å².